The number of thioether (sulfide) groups is 1. The number of rotatable bonds is 2. The highest BCUT2D eigenvalue weighted by Crippen LogP contribution is 2.41. The average Bonchev–Trinajstić information content (AvgIpc) is 2.44. The number of aliphatic hydroxyl groups excluding tert-OH is 1. The Hall–Kier alpha value is -1.00. The molecule has 2 N–H and O–H groups in total. The van der Waals surface area contributed by atoms with E-state index in [0.29, 0.717) is 5.92 Å². The second-order valence-corrected chi connectivity index (χ2v) is 6.30. The van der Waals surface area contributed by atoms with Crippen LogP contribution in [0, 0.1) is 11.8 Å². The maximum Gasteiger partial charge on any atom is 0.231 e. The van der Waals surface area contributed by atoms with E-state index in [-0.39, 0.29) is 17.1 Å². The fourth-order valence-electron chi connectivity index (χ4n) is 2.30. The number of amides is 1. The third-order valence-corrected chi connectivity index (χ3v) is 4.96. The molecule has 2 rings (SSSR count). The number of hydrogen-bond acceptors (Lipinski definition) is 3. The van der Waals surface area contributed by atoms with Crippen LogP contribution in [-0.2, 0) is 4.79 Å². The molecule has 1 aliphatic rings. The van der Waals surface area contributed by atoms with Crippen molar-refractivity contribution in [3.8, 4) is 0 Å². The van der Waals surface area contributed by atoms with Gasteiger partial charge in [0.25, 0.3) is 0 Å². The molecule has 1 aromatic carbocycles. The molecule has 4 heteroatoms. The maximum absolute atomic E-state index is 12.2. The number of hydrogen-bond donors (Lipinski definition) is 2. The molecule has 1 amide bonds. The standard InChI is InChI=1S/C14H19NO2S/c1-8(2)13-12(9(3)16)14(17)15-10-6-4-5-7-11(10)18-13/h4-9,12-13,16H,1-3H3,(H,15,17)/t9-,12+,13-/m1/s1. The smallest absolute Gasteiger partial charge is 0.231 e. The number of carbonyl (C=O) groups is 1. The first-order chi connectivity index (χ1) is 8.50. The average molecular weight is 265 g/mol. The third kappa shape index (κ3) is 2.54. The summed E-state index contributed by atoms with van der Waals surface area (Å²) in [6.07, 6.45) is -0.640. The van der Waals surface area contributed by atoms with Gasteiger partial charge in [-0.3, -0.25) is 4.79 Å². The Balaban J connectivity index is 2.41. The molecular weight excluding hydrogens is 246 g/mol. The van der Waals surface area contributed by atoms with Crippen molar-refractivity contribution >= 4 is 23.4 Å². The van der Waals surface area contributed by atoms with Gasteiger partial charge in [0.15, 0.2) is 0 Å². The van der Waals surface area contributed by atoms with Crippen molar-refractivity contribution < 1.29 is 9.90 Å². The van der Waals surface area contributed by atoms with Gasteiger partial charge >= 0.3 is 0 Å². The molecule has 0 unspecified atom stereocenters. The summed E-state index contributed by atoms with van der Waals surface area (Å²) in [6.45, 7) is 5.87. The minimum Gasteiger partial charge on any atom is -0.393 e. The second-order valence-electron chi connectivity index (χ2n) is 5.08. The van der Waals surface area contributed by atoms with Crippen LogP contribution < -0.4 is 5.32 Å². The van der Waals surface area contributed by atoms with Crippen molar-refractivity contribution in [2.45, 2.75) is 37.0 Å². The molecule has 0 aliphatic carbocycles. The molecule has 18 heavy (non-hydrogen) atoms. The molecule has 0 radical (unpaired) electrons. The molecule has 3 nitrogen and oxygen atoms in total. The van der Waals surface area contributed by atoms with Crippen LogP contribution >= 0.6 is 11.8 Å². The fraction of sp³-hybridized carbons (Fsp3) is 0.500. The van der Waals surface area contributed by atoms with Crippen LogP contribution in [0.25, 0.3) is 0 Å². The lowest BCUT2D eigenvalue weighted by Gasteiger charge is -2.28. The molecule has 0 saturated heterocycles. The zero-order valence-electron chi connectivity index (χ0n) is 10.9. The normalized spacial score (nSPS) is 25.3. The summed E-state index contributed by atoms with van der Waals surface area (Å²) in [4.78, 5) is 13.3. The highest BCUT2D eigenvalue weighted by atomic mass is 32.2. The Kier molecular flexibility index (Phi) is 3.97. The number of nitrogens with one attached hydrogen (secondary N) is 1. The summed E-state index contributed by atoms with van der Waals surface area (Å²) in [5, 5.41) is 12.9. The summed E-state index contributed by atoms with van der Waals surface area (Å²) < 4.78 is 0. The second kappa shape index (κ2) is 5.33. The van der Waals surface area contributed by atoms with Crippen LogP contribution in [0.4, 0.5) is 5.69 Å². The lowest BCUT2D eigenvalue weighted by molar-refractivity contribution is -0.123. The number of para-hydroxylation sites is 1. The maximum atomic E-state index is 12.2. The van der Waals surface area contributed by atoms with Crippen LogP contribution in [0.3, 0.4) is 0 Å². The van der Waals surface area contributed by atoms with Gasteiger partial charge in [-0.1, -0.05) is 26.0 Å². The zero-order chi connectivity index (χ0) is 13.3. The van der Waals surface area contributed by atoms with E-state index in [4.69, 9.17) is 0 Å². The lowest BCUT2D eigenvalue weighted by Crippen LogP contribution is -2.39. The van der Waals surface area contributed by atoms with Gasteiger partial charge < -0.3 is 10.4 Å². The molecule has 3 atom stereocenters. The van der Waals surface area contributed by atoms with Gasteiger partial charge in [-0.05, 0) is 25.0 Å². The van der Waals surface area contributed by atoms with E-state index in [1.54, 1.807) is 18.7 Å². The van der Waals surface area contributed by atoms with Crippen LogP contribution in [0.2, 0.25) is 0 Å². The topological polar surface area (TPSA) is 49.3 Å². The molecular formula is C14H19NO2S. The minimum absolute atomic E-state index is 0.0823. The summed E-state index contributed by atoms with van der Waals surface area (Å²) in [5.74, 6) is -0.130. The first-order valence-corrected chi connectivity index (χ1v) is 7.13. The SMILES string of the molecule is CC(C)[C@H]1Sc2ccccc2NC(=O)[C@H]1[C@@H](C)O. The van der Waals surface area contributed by atoms with Crippen LogP contribution in [-0.4, -0.2) is 22.4 Å². The van der Waals surface area contributed by atoms with Gasteiger partial charge in [0.05, 0.1) is 17.7 Å². The monoisotopic (exact) mass is 265 g/mol. The van der Waals surface area contributed by atoms with Gasteiger partial charge in [-0.25, -0.2) is 0 Å². The Labute approximate surface area is 112 Å². The largest absolute Gasteiger partial charge is 0.393 e. The van der Waals surface area contributed by atoms with E-state index >= 15 is 0 Å². The minimum atomic E-state index is -0.640. The Morgan fingerprint density at radius 1 is 1.28 bits per heavy atom. The number of carbonyl (C=O) groups excluding carboxylic acids is 1. The zero-order valence-corrected chi connectivity index (χ0v) is 11.7. The van der Waals surface area contributed by atoms with Gasteiger partial charge in [0, 0.05) is 10.1 Å². The third-order valence-electron chi connectivity index (χ3n) is 3.24. The summed E-state index contributed by atoms with van der Waals surface area (Å²) in [7, 11) is 0. The molecule has 98 valence electrons. The van der Waals surface area contributed by atoms with Crippen molar-refractivity contribution in [1.29, 1.82) is 0 Å². The first kappa shape index (κ1) is 13.4. The fourth-order valence-corrected chi connectivity index (χ4v) is 3.77. The van der Waals surface area contributed by atoms with E-state index in [9.17, 15) is 9.90 Å². The number of fused-ring (bicyclic) bond motifs is 1. The van der Waals surface area contributed by atoms with Crippen molar-refractivity contribution in [1.82, 2.24) is 0 Å². The molecule has 0 spiro atoms. The highest BCUT2D eigenvalue weighted by molar-refractivity contribution is 8.00. The number of aliphatic hydroxyl groups is 1. The van der Waals surface area contributed by atoms with Crippen molar-refractivity contribution in [2.75, 3.05) is 5.32 Å². The Bertz CT molecular complexity index is 445. The lowest BCUT2D eigenvalue weighted by atomic mass is 9.91. The van der Waals surface area contributed by atoms with Gasteiger partial charge in [-0.2, -0.15) is 0 Å². The van der Waals surface area contributed by atoms with Crippen LogP contribution in [0.15, 0.2) is 29.2 Å². The van der Waals surface area contributed by atoms with Gasteiger partial charge in [-0.15, -0.1) is 11.8 Å². The summed E-state index contributed by atoms with van der Waals surface area (Å²) in [6, 6.07) is 7.80. The Morgan fingerprint density at radius 3 is 2.56 bits per heavy atom. The Morgan fingerprint density at radius 2 is 1.94 bits per heavy atom. The molecule has 0 fully saturated rings. The number of anilines is 1. The number of benzene rings is 1. The predicted molar refractivity (Wildman–Crippen MR) is 74.7 cm³/mol. The quantitative estimate of drug-likeness (QED) is 0.864. The van der Waals surface area contributed by atoms with E-state index < -0.39 is 6.10 Å². The van der Waals surface area contributed by atoms with Crippen LogP contribution in [0.1, 0.15) is 20.8 Å². The van der Waals surface area contributed by atoms with Crippen LogP contribution in [0.5, 0.6) is 0 Å². The first-order valence-electron chi connectivity index (χ1n) is 6.25. The van der Waals surface area contributed by atoms with Crippen molar-refractivity contribution in [3.05, 3.63) is 24.3 Å². The molecule has 0 bridgehead atoms. The molecule has 1 aliphatic heterocycles. The van der Waals surface area contributed by atoms with E-state index in [0.717, 1.165) is 10.6 Å². The van der Waals surface area contributed by atoms with Gasteiger partial charge in [0.2, 0.25) is 5.91 Å². The van der Waals surface area contributed by atoms with Crippen molar-refractivity contribution in [2.24, 2.45) is 11.8 Å². The predicted octanol–water partition coefficient (Wildman–Crippen LogP) is 2.75. The summed E-state index contributed by atoms with van der Waals surface area (Å²) >= 11 is 1.68. The van der Waals surface area contributed by atoms with E-state index in [1.807, 2.05) is 24.3 Å². The van der Waals surface area contributed by atoms with E-state index in [1.165, 1.54) is 0 Å². The molecule has 1 heterocycles. The van der Waals surface area contributed by atoms with E-state index in [2.05, 4.69) is 19.2 Å². The molecule has 0 aromatic heterocycles. The highest BCUT2D eigenvalue weighted by Gasteiger charge is 2.37. The molecule has 0 saturated carbocycles. The van der Waals surface area contributed by atoms with Gasteiger partial charge in [0.1, 0.15) is 0 Å². The summed E-state index contributed by atoms with van der Waals surface area (Å²) in [5.41, 5.74) is 0.848. The van der Waals surface area contributed by atoms with Crippen molar-refractivity contribution in [3.63, 3.8) is 0 Å². The molecule has 1 aromatic rings.